The lowest BCUT2D eigenvalue weighted by Crippen LogP contribution is -2.38. The highest BCUT2D eigenvalue weighted by Gasteiger charge is 2.30. The number of thiophene rings is 1. The summed E-state index contributed by atoms with van der Waals surface area (Å²) in [5, 5.41) is 6.87. The number of fused-ring (bicyclic) bond motifs is 1. The summed E-state index contributed by atoms with van der Waals surface area (Å²) in [6, 6.07) is 23.0. The standard InChI is InChI=1S/C32H26N4O3S2/c1-3-39-31(38)28-21(2)33-32-36(25(28)17-16-22-11-6-4-7-12-22)30(37)27(41-32)19-23-20-35(24-13-8-5-9-14-24)34-29(23)26-15-10-18-40-26/h4-20,25H,3H2,1-2H3/b17-16+,27-19-/t25-/m0/s1. The molecule has 1 aliphatic rings. The van der Waals surface area contributed by atoms with Gasteiger partial charge in [0.05, 0.1) is 39.0 Å². The van der Waals surface area contributed by atoms with Gasteiger partial charge in [0.2, 0.25) is 0 Å². The molecular formula is C32H26N4O3S2. The Kier molecular flexibility index (Phi) is 7.45. The number of thiazole rings is 1. The number of carbonyl (C=O) groups is 1. The number of rotatable bonds is 7. The van der Waals surface area contributed by atoms with E-state index >= 15 is 0 Å². The van der Waals surface area contributed by atoms with E-state index in [1.165, 1.54) is 11.3 Å². The van der Waals surface area contributed by atoms with E-state index in [2.05, 4.69) is 4.99 Å². The normalized spacial score (nSPS) is 15.3. The first kappa shape index (κ1) is 26.6. The topological polar surface area (TPSA) is 78.5 Å². The van der Waals surface area contributed by atoms with Crippen LogP contribution in [0, 0.1) is 0 Å². The van der Waals surface area contributed by atoms with Crippen molar-refractivity contribution in [2.45, 2.75) is 19.9 Å². The molecule has 0 bridgehead atoms. The molecule has 4 heterocycles. The van der Waals surface area contributed by atoms with Crippen molar-refractivity contribution in [1.29, 1.82) is 0 Å². The zero-order valence-electron chi connectivity index (χ0n) is 22.4. The first-order chi connectivity index (χ1) is 20.0. The summed E-state index contributed by atoms with van der Waals surface area (Å²) in [7, 11) is 0. The molecule has 5 aromatic rings. The highest BCUT2D eigenvalue weighted by molar-refractivity contribution is 7.13. The molecule has 0 radical (unpaired) electrons. The van der Waals surface area contributed by atoms with Crippen LogP contribution in [0.4, 0.5) is 0 Å². The molecular weight excluding hydrogens is 553 g/mol. The molecule has 0 aliphatic carbocycles. The minimum absolute atomic E-state index is 0.227. The Labute approximate surface area is 244 Å². The maximum Gasteiger partial charge on any atom is 0.338 e. The van der Waals surface area contributed by atoms with Crippen molar-refractivity contribution in [2.75, 3.05) is 6.61 Å². The number of benzene rings is 2. The van der Waals surface area contributed by atoms with Gasteiger partial charge in [0.15, 0.2) is 4.80 Å². The van der Waals surface area contributed by atoms with E-state index in [4.69, 9.17) is 9.84 Å². The van der Waals surface area contributed by atoms with Gasteiger partial charge in [-0.3, -0.25) is 9.36 Å². The molecule has 0 unspecified atom stereocenters. The van der Waals surface area contributed by atoms with Crippen LogP contribution < -0.4 is 14.9 Å². The third-order valence-electron chi connectivity index (χ3n) is 6.63. The lowest BCUT2D eigenvalue weighted by Gasteiger charge is -2.21. The Morgan fingerprint density at radius 1 is 1.05 bits per heavy atom. The third kappa shape index (κ3) is 5.29. The number of esters is 1. The van der Waals surface area contributed by atoms with E-state index in [1.807, 2.05) is 107 Å². The fraction of sp³-hybridized carbons (Fsp3) is 0.125. The Balaban J connectivity index is 1.51. The van der Waals surface area contributed by atoms with Crippen molar-refractivity contribution in [1.82, 2.24) is 14.3 Å². The zero-order valence-corrected chi connectivity index (χ0v) is 24.1. The van der Waals surface area contributed by atoms with Gasteiger partial charge < -0.3 is 4.74 Å². The van der Waals surface area contributed by atoms with E-state index in [1.54, 1.807) is 29.8 Å². The van der Waals surface area contributed by atoms with Gasteiger partial charge in [-0.15, -0.1) is 11.3 Å². The molecule has 1 atom stereocenters. The van der Waals surface area contributed by atoms with Crippen LogP contribution in [0.15, 0.2) is 112 Å². The van der Waals surface area contributed by atoms with Gasteiger partial charge in [-0.2, -0.15) is 5.10 Å². The average molecular weight is 579 g/mol. The molecule has 0 spiro atoms. The maximum absolute atomic E-state index is 14.0. The third-order valence-corrected chi connectivity index (χ3v) is 8.49. The molecule has 0 fully saturated rings. The largest absolute Gasteiger partial charge is 0.463 e. The highest BCUT2D eigenvalue weighted by atomic mass is 32.1. The summed E-state index contributed by atoms with van der Waals surface area (Å²) in [5.41, 5.74) is 4.16. The summed E-state index contributed by atoms with van der Waals surface area (Å²) in [6.45, 7) is 3.77. The van der Waals surface area contributed by atoms with Crippen LogP contribution in [-0.4, -0.2) is 26.9 Å². The van der Waals surface area contributed by atoms with Gasteiger partial charge in [0, 0.05) is 11.8 Å². The molecule has 1 aliphatic heterocycles. The zero-order chi connectivity index (χ0) is 28.3. The molecule has 2 aromatic carbocycles. The molecule has 6 rings (SSSR count). The summed E-state index contributed by atoms with van der Waals surface area (Å²) in [4.78, 5) is 33.3. The average Bonchev–Trinajstić information content (AvgIpc) is 3.73. The van der Waals surface area contributed by atoms with Crippen molar-refractivity contribution in [3.8, 4) is 16.3 Å². The number of nitrogens with zero attached hydrogens (tertiary/aromatic N) is 4. The number of ether oxygens (including phenoxy) is 1. The summed E-state index contributed by atoms with van der Waals surface area (Å²) < 4.78 is 9.29. The molecule has 0 saturated carbocycles. The Morgan fingerprint density at radius 2 is 1.80 bits per heavy atom. The summed E-state index contributed by atoms with van der Waals surface area (Å²) >= 11 is 2.89. The Morgan fingerprint density at radius 3 is 2.51 bits per heavy atom. The summed E-state index contributed by atoms with van der Waals surface area (Å²) in [5.74, 6) is -0.477. The molecule has 204 valence electrons. The number of allylic oxidation sites excluding steroid dienone is 2. The van der Waals surface area contributed by atoms with E-state index < -0.39 is 12.0 Å². The van der Waals surface area contributed by atoms with Crippen LogP contribution in [0.25, 0.3) is 28.4 Å². The number of hydrogen-bond donors (Lipinski definition) is 0. The minimum atomic E-state index is -0.656. The number of hydrogen-bond acceptors (Lipinski definition) is 7. The monoisotopic (exact) mass is 578 g/mol. The molecule has 3 aromatic heterocycles. The van der Waals surface area contributed by atoms with E-state index in [9.17, 15) is 9.59 Å². The first-order valence-electron chi connectivity index (χ1n) is 13.2. The highest BCUT2D eigenvalue weighted by Crippen LogP contribution is 2.29. The second-order valence-electron chi connectivity index (χ2n) is 9.30. The second-order valence-corrected chi connectivity index (χ2v) is 11.3. The van der Waals surface area contributed by atoms with Crippen LogP contribution in [0.3, 0.4) is 0 Å². The van der Waals surface area contributed by atoms with Crippen molar-refractivity contribution in [2.24, 2.45) is 4.99 Å². The number of para-hydroxylation sites is 1. The summed E-state index contributed by atoms with van der Waals surface area (Å²) in [6.07, 6.45) is 7.58. The second kappa shape index (κ2) is 11.5. The van der Waals surface area contributed by atoms with E-state index in [0.29, 0.717) is 20.6 Å². The van der Waals surface area contributed by atoms with Crippen molar-refractivity contribution in [3.05, 3.63) is 133 Å². The smallest absolute Gasteiger partial charge is 0.338 e. The lowest BCUT2D eigenvalue weighted by atomic mass is 10.0. The van der Waals surface area contributed by atoms with Crippen LogP contribution in [0.5, 0.6) is 0 Å². The van der Waals surface area contributed by atoms with Crippen molar-refractivity contribution in [3.63, 3.8) is 0 Å². The van der Waals surface area contributed by atoms with Gasteiger partial charge in [-0.1, -0.05) is 78.1 Å². The predicted molar refractivity (Wildman–Crippen MR) is 164 cm³/mol. The van der Waals surface area contributed by atoms with Crippen LogP contribution in [0.1, 0.15) is 31.0 Å². The predicted octanol–water partition coefficient (Wildman–Crippen LogP) is 5.38. The maximum atomic E-state index is 14.0. The van der Waals surface area contributed by atoms with Crippen molar-refractivity contribution < 1.29 is 9.53 Å². The number of aromatic nitrogens is 3. The van der Waals surface area contributed by atoms with Crippen LogP contribution in [-0.2, 0) is 9.53 Å². The molecule has 0 amide bonds. The van der Waals surface area contributed by atoms with Crippen molar-refractivity contribution >= 4 is 40.8 Å². The van der Waals surface area contributed by atoms with Crippen LogP contribution >= 0.6 is 22.7 Å². The van der Waals surface area contributed by atoms with Gasteiger partial charge >= 0.3 is 5.97 Å². The molecule has 0 N–H and O–H groups in total. The first-order valence-corrected chi connectivity index (χ1v) is 14.8. The molecule has 0 saturated heterocycles. The van der Waals surface area contributed by atoms with E-state index in [-0.39, 0.29) is 12.2 Å². The quantitative estimate of drug-likeness (QED) is 0.243. The molecule has 9 heteroatoms. The number of carbonyl (C=O) groups excluding carboxylic acids is 1. The van der Waals surface area contributed by atoms with Gasteiger partial charge in [0.1, 0.15) is 5.69 Å². The van der Waals surface area contributed by atoms with E-state index in [0.717, 1.165) is 27.4 Å². The van der Waals surface area contributed by atoms with Crippen LogP contribution in [0.2, 0.25) is 0 Å². The van der Waals surface area contributed by atoms with Gasteiger partial charge in [0.25, 0.3) is 5.56 Å². The molecule has 7 nitrogen and oxygen atoms in total. The lowest BCUT2D eigenvalue weighted by molar-refractivity contribution is -0.139. The minimum Gasteiger partial charge on any atom is -0.463 e. The van der Waals surface area contributed by atoms with Gasteiger partial charge in [-0.05, 0) is 49.1 Å². The fourth-order valence-electron chi connectivity index (χ4n) is 4.73. The SMILES string of the molecule is CCOC(=O)C1=C(C)N=c2s/c(=C\c3cn(-c4ccccc4)nc3-c3cccs3)c(=O)n2[C@H]1/C=C/c1ccccc1. The fourth-order valence-corrected chi connectivity index (χ4v) is 6.51. The Hall–Kier alpha value is -4.60. The Bertz CT molecular complexity index is 1950. The van der Waals surface area contributed by atoms with Gasteiger partial charge in [-0.25, -0.2) is 14.5 Å². The molecule has 41 heavy (non-hydrogen) atoms.